The summed E-state index contributed by atoms with van der Waals surface area (Å²) in [6.07, 6.45) is 0.748. The predicted octanol–water partition coefficient (Wildman–Crippen LogP) is 1.59. The molecule has 0 saturated heterocycles. The highest BCUT2D eigenvalue weighted by molar-refractivity contribution is 7.99. The van der Waals surface area contributed by atoms with Crippen molar-refractivity contribution in [2.24, 2.45) is 0 Å². The first-order chi connectivity index (χ1) is 9.13. The van der Waals surface area contributed by atoms with Crippen LogP contribution in [0.2, 0.25) is 0 Å². The minimum Gasteiger partial charge on any atom is -0.394 e. The Morgan fingerprint density at radius 1 is 1.42 bits per heavy atom. The van der Waals surface area contributed by atoms with E-state index in [0.29, 0.717) is 16.7 Å². The normalized spacial score (nSPS) is 12.5. The number of pyridine rings is 1. The van der Waals surface area contributed by atoms with Crippen LogP contribution in [0.5, 0.6) is 0 Å². The Hall–Kier alpha value is -1.70. The van der Waals surface area contributed by atoms with E-state index in [1.54, 1.807) is 24.4 Å². The standard InChI is InChI=1S/C12H12N2O4S/c15-6-8(16)7-19-11-4-3-10(14(17)18)9-2-1-5-13-12(9)11/h1-5,8,15-16H,6-7H2. The van der Waals surface area contributed by atoms with Crippen LogP contribution < -0.4 is 0 Å². The average molecular weight is 280 g/mol. The minimum absolute atomic E-state index is 0.00940. The van der Waals surface area contributed by atoms with Crippen molar-refractivity contribution in [3.05, 3.63) is 40.6 Å². The molecule has 0 aliphatic carbocycles. The molecule has 1 aromatic carbocycles. The second kappa shape index (κ2) is 5.96. The van der Waals surface area contributed by atoms with Crippen LogP contribution in [0.15, 0.2) is 35.4 Å². The molecule has 19 heavy (non-hydrogen) atoms. The molecule has 2 N–H and O–H groups in total. The summed E-state index contributed by atoms with van der Waals surface area (Å²) in [6, 6.07) is 6.33. The molecule has 6 nitrogen and oxygen atoms in total. The Balaban J connectivity index is 2.41. The topological polar surface area (TPSA) is 96.5 Å². The van der Waals surface area contributed by atoms with E-state index in [2.05, 4.69) is 4.98 Å². The number of fused-ring (bicyclic) bond motifs is 1. The number of thioether (sulfide) groups is 1. The first kappa shape index (κ1) is 13.7. The van der Waals surface area contributed by atoms with E-state index in [4.69, 9.17) is 5.11 Å². The molecule has 1 heterocycles. The van der Waals surface area contributed by atoms with Gasteiger partial charge in [-0.3, -0.25) is 15.1 Å². The lowest BCUT2D eigenvalue weighted by atomic mass is 10.2. The van der Waals surface area contributed by atoms with E-state index in [0.717, 1.165) is 4.90 Å². The Kier molecular flexibility index (Phi) is 4.31. The third-order valence-corrected chi connectivity index (χ3v) is 3.74. The second-order valence-corrected chi connectivity index (χ2v) is 4.95. The number of aliphatic hydroxyl groups is 2. The number of nitrogens with zero attached hydrogens (tertiary/aromatic N) is 2. The van der Waals surface area contributed by atoms with Crippen LogP contribution in [0.25, 0.3) is 10.9 Å². The molecule has 0 radical (unpaired) electrons. The highest BCUT2D eigenvalue weighted by atomic mass is 32.2. The number of nitro benzene ring substituents is 1. The van der Waals surface area contributed by atoms with Gasteiger partial charge in [0.1, 0.15) is 0 Å². The Morgan fingerprint density at radius 3 is 2.89 bits per heavy atom. The number of rotatable bonds is 5. The molecule has 0 aliphatic rings. The summed E-state index contributed by atoms with van der Waals surface area (Å²) >= 11 is 1.31. The van der Waals surface area contributed by atoms with Gasteiger partial charge in [-0.2, -0.15) is 0 Å². The molecule has 7 heteroatoms. The molecule has 0 spiro atoms. The fraction of sp³-hybridized carbons (Fsp3) is 0.250. The lowest BCUT2D eigenvalue weighted by Gasteiger charge is -2.08. The molecule has 2 aromatic rings. The van der Waals surface area contributed by atoms with Gasteiger partial charge in [0.15, 0.2) is 0 Å². The zero-order chi connectivity index (χ0) is 13.8. The number of hydrogen-bond donors (Lipinski definition) is 2. The van der Waals surface area contributed by atoms with E-state index < -0.39 is 11.0 Å². The van der Waals surface area contributed by atoms with Crippen molar-refractivity contribution < 1.29 is 15.1 Å². The zero-order valence-electron chi connectivity index (χ0n) is 9.89. The fourth-order valence-electron chi connectivity index (χ4n) is 1.65. The molecule has 0 fully saturated rings. The zero-order valence-corrected chi connectivity index (χ0v) is 10.7. The number of aliphatic hydroxyl groups excluding tert-OH is 2. The highest BCUT2D eigenvalue weighted by Gasteiger charge is 2.15. The minimum atomic E-state index is -0.820. The van der Waals surface area contributed by atoms with Gasteiger partial charge in [-0.05, 0) is 18.2 Å². The van der Waals surface area contributed by atoms with Crippen LogP contribution >= 0.6 is 11.8 Å². The van der Waals surface area contributed by atoms with E-state index in [-0.39, 0.29) is 12.3 Å². The molecule has 0 saturated carbocycles. The molecule has 100 valence electrons. The number of aromatic nitrogens is 1. The number of benzene rings is 1. The molecular formula is C12H12N2O4S. The summed E-state index contributed by atoms with van der Waals surface area (Å²) < 4.78 is 0. The van der Waals surface area contributed by atoms with Crippen LogP contribution in [0.1, 0.15) is 0 Å². The van der Waals surface area contributed by atoms with Crippen LogP contribution in [0, 0.1) is 10.1 Å². The van der Waals surface area contributed by atoms with Gasteiger partial charge in [-0.15, -0.1) is 11.8 Å². The lowest BCUT2D eigenvalue weighted by Crippen LogP contribution is -2.14. The molecule has 2 rings (SSSR count). The third-order valence-electron chi connectivity index (χ3n) is 2.55. The van der Waals surface area contributed by atoms with Crippen molar-refractivity contribution in [2.75, 3.05) is 12.4 Å². The van der Waals surface area contributed by atoms with E-state index >= 15 is 0 Å². The summed E-state index contributed by atoms with van der Waals surface area (Å²) in [4.78, 5) is 15.4. The summed E-state index contributed by atoms with van der Waals surface area (Å²) in [5, 5.41) is 29.5. The van der Waals surface area contributed by atoms with Gasteiger partial charge in [0, 0.05) is 22.9 Å². The van der Waals surface area contributed by atoms with Gasteiger partial charge >= 0.3 is 0 Å². The van der Waals surface area contributed by atoms with Gasteiger partial charge < -0.3 is 10.2 Å². The molecule has 1 unspecified atom stereocenters. The Bertz CT molecular complexity index is 605. The lowest BCUT2D eigenvalue weighted by molar-refractivity contribution is -0.383. The Labute approximate surface area is 113 Å². The monoisotopic (exact) mass is 280 g/mol. The smallest absolute Gasteiger partial charge is 0.278 e. The van der Waals surface area contributed by atoms with Crippen molar-refractivity contribution in [2.45, 2.75) is 11.0 Å². The third kappa shape index (κ3) is 3.01. The fourth-order valence-corrected chi connectivity index (χ4v) is 2.59. The Morgan fingerprint density at radius 2 is 2.21 bits per heavy atom. The maximum Gasteiger partial charge on any atom is 0.278 e. The van der Waals surface area contributed by atoms with Gasteiger partial charge in [0.2, 0.25) is 0 Å². The number of hydrogen-bond acceptors (Lipinski definition) is 6. The van der Waals surface area contributed by atoms with Crippen molar-refractivity contribution in [1.29, 1.82) is 0 Å². The number of non-ortho nitro benzene ring substituents is 1. The van der Waals surface area contributed by atoms with E-state index in [1.807, 2.05) is 0 Å². The quantitative estimate of drug-likeness (QED) is 0.490. The average Bonchev–Trinajstić information content (AvgIpc) is 2.43. The second-order valence-electron chi connectivity index (χ2n) is 3.89. The van der Waals surface area contributed by atoms with E-state index in [9.17, 15) is 15.2 Å². The summed E-state index contributed by atoms with van der Waals surface area (Å²) in [7, 11) is 0. The van der Waals surface area contributed by atoms with E-state index in [1.165, 1.54) is 17.8 Å². The maximum absolute atomic E-state index is 10.9. The van der Waals surface area contributed by atoms with Crippen molar-refractivity contribution in [3.63, 3.8) is 0 Å². The van der Waals surface area contributed by atoms with Gasteiger partial charge in [0.25, 0.3) is 5.69 Å². The van der Waals surface area contributed by atoms with Crippen molar-refractivity contribution in [3.8, 4) is 0 Å². The van der Waals surface area contributed by atoms with Gasteiger partial charge in [-0.1, -0.05) is 0 Å². The van der Waals surface area contributed by atoms with Crippen LogP contribution in [0.4, 0.5) is 5.69 Å². The molecule has 0 aliphatic heterocycles. The molecule has 1 atom stereocenters. The predicted molar refractivity (Wildman–Crippen MR) is 72.2 cm³/mol. The van der Waals surface area contributed by atoms with Gasteiger partial charge in [-0.25, -0.2) is 0 Å². The summed E-state index contributed by atoms with van der Waals surface area (Å²) in [5.41, 5.74) is 0.544. The summed E-state index contributed by atoms with van der Waals surface area (Å²) in [6.45, 7) is -0.314. The van der Waals surface area contributed by atoms with Crippen molar-refractivity contribution >= 4 is 28.4 Å². The largest absolute Gasteiger partial charge is 0.394 e. The SMILES string of the molecule is O=[N+]([O-])c1ccc(SCC(O)CO)c2ncccc12. The molecule has 1 aromatic heterocycles. The van der Waals surface area contributed by atoms with Crippen molar-refractivity contribution in [1.82, 2.24) is 4.98 Å². The molecule has 0 bridgehead atoms. The summed E-state index contributed by atoms with van der Waals surface area (Å²) in [5.74, 6) is 0.306. The van der Waals surface area contributed by atoms with Crippen LogP contribution in [0.3, 0.4) is 0 Å². The van der Waals surface area contributed by atoms with Gasteiger partial charge in [0.05, 0.1) is 28.5 Å². The number of nitro groups is 1. The van der Waals surface area contributed by atoms with Crippen LogP contribution in [-0.2, 0) is 0 Å². The maximum atomic E-state index is 10.9. The first-order valence-corrected chi connectivity index (χ1v) is 6.56. The van der Waals surface area contributed by atoms with Crippen LogP contribution in [-0.4, -0.2) is 38.6 Å². The highest BCUT2D eigenvalue weighted by Crippen LogP contribution is 2.32. The molecular weight excluding hydrogens is 268 g/mol. The molecule has 0 amide bonds. The first-order valence-electron chi connectivity index (χ1n) is 5.57.